The fourth-order valence-electron chi connectivity index (χ4n) is 2.80. The fourth-order valence-corrected chi connectivity index (χ4v) is 2.80. The minimum absolute atomic E-state index is 0.0683. The Balaban J connectivity index is 2.06. The number of allylic oxidation sites excluding steroid dienone is 1. The van der Waals surface area contributed by atoms with Gasteiger partial charge in [0.15, 0.2) is 6.10 Å². The molecule has 0 bridgehead atoms. The van der Waals surface area contributed by atoms with Gasteiger partial charge in [-0.25, -0.2) is 0 Å². The molecule has 0 spiro atoms. The molecule has 5 heteroatoms. The standard InChI is InChI=1S/C18H34O5/c1-2-3-4-5-6-7-8-9-10-11-12-22-18-15(20)14-23-16(13-19)17(18)21/h11-12,15-21H,2-10,13-14H2,1H3/b12-11+/t15-,16+,17+,18+/m1/s1. The lowest BCUT2D eigenvalue weighted by molar-refractivity contribution is -0.197. The smallest absolute Gasteiger partial charge is 0.154 e. The largest absolute Gasteiger partial charge is 0.493 e. The average molecular weight is 330 g/mol. The Morgan fingerprint density at radius 2 is 1.70 bits per heavy atom. The molecule has 4 atom stereocenters. The Labute approximate surface area is 140 Å². The molecule has 1 fully saturated rings. The van der Waals surface area contributed by atoms with Crippen LogP contribution in [-0.2, 0) is 9.47 Å². The van der Waals surface area contributed by atoms with Crippen LogP contribution in [-0.4, -0.2) is 52.9 Å². The molecule has 1 rings (SSSR count). The molecule has 1 heterocycles. The van der Waals surface area contributed by atoms with Gasteiger partial charge in [-0.3, -0.25) is 0 Å². The molecule has 1 saturated heterocycles. The number of rotatable bonds is 12. The molecule has 0 unspecified atom stereocenters. The zero-order chi connectivity index (χ0) is 16.9. The number of hydrogen-bond acceptors (Lipinski definition) is 5. The topological polar surface area (TPSA) is 79.2 Å². The van der Waals surface area contributed by atoms with Crippen LogP contribution in [0.4, 0.5) is 0 Å². The zero-order valence-corrected chi connectivity index (χ0v) is 14.4. The van der Waals surface area contributed by atoms with Crippen LogP contribution in [0.2, 0.25) is 0 Å². The lowest BCUT2D eigenvalue weighted by Crippen LogP contribution is -2.54. The van der Waals surface area contributed by atoms with Gasteiger partial charge in [-0.2, -0.15) is 0 Å². The number of ether oxygens (including phenoxy) is 2. The summed E-state index contributed by atoms with van der Waals surface area (Å²) in [7, 11) is 0. The van der Waals surface area contributed by atoms with Crippen LogP contribution in [0.3, 0.4) is 0 Å². The zero-order valence-electron chi connectivity index (χ0n) is 14.4. The van der Waals surface area contributed by atoms with Crippen molar-refractivity contribution in [2.24, 2.45) is 0 Å². The fraction of sp³-hybridized carbons (Fsp3) is 0.889. The molecular weight excluding hydrogens is 296 g/mol. The molecule has 0 aromatic heterocycles. The first kappa shape index (κ1) is 20.4. The van der Waals surface area contributed by atoms with Crippen molar-refractivity contribution in [3.63, 3.8) is 0 Å². The Bertz CT molecular complexity index is 308. The lowest BCUT2D eigenvalue weighted by atomic mass is 10.0. The Hall–Kier alpha value is -0.620. The molecule has 0 radical (unpaired) electrons. The van der Waals surface area contributed by atoms with E-state index in [1.807, 2.05) is 6.08 Å². The molecule has 0 aliphatic carbocycles. The van der Waals surface area contributed by atoms with E-state index in [4.69, 9.17) is 14.6 Å². The quantitative estimate of drug-likeness (QED) is 0.378. The third-order valence-corrected chi connectivity index (χ3v) is 4.31. The first-order valence-electron chi connectivity index (χ1n) is 9.09. The van der Waals surface area contributed by atoms with E-state index < -0.39 is 24.4 Å². The van der Waals surface area contributed by atoms with Gasteiger partial charge in [0, 0.05) is 0 Å². The molecule has 3 N–H and O–H groups in total. The second-order valence-corrected chi connectivity index (χ2v) is 6.35. The number of aliphatic hydroxyl groups excluding tert-OH is 3. The average Bonchev–Trinajstić information content (AvgIpc) is 2.55. The Morgan fingerprint density at radius 1 is 1.04 bits per heavy atom. The predicted octanol–water partition coefficient (Wildman–Crippen LogP) is 2.53. The number of hydrogen-bond donors (Lipinski definition) is 3. The Kier molecular flexibility index (Phi) is 11.3. The second kappa shape index (κ2) is 12.8. The lowest BCUT2D eigenvalue weighted by Gasteiger charge is -2.36. The van der Waals surface area contributed by atoms with Crippen LogP contribution in [0.1, 0.15) is 64.7 Å². The van der Waals surface area contributed by atoms with E-state index in [1.54, 1.807) is 6.26 Å². The molecule has 1 aliphatic rings. The number of aliphatic hydroxyl groups is 3. The van der Waals surface area contributed by atoms with Gasteiger partial charge in [0.25, 0.3) is 0 Å². The summed E-state index contributed by atoms with van der Waals surface area (Å²) >= 11 is 0. The van der Waals surface area contributed by atoms with Crippen LogP contribution in [0, 0.1) is 0 Å². The van der Waals surface area contributed by atoms with Crippen molar-refractivity contribution < 1.29 is 24.8 Å². The maximum absolute atomic E-state index is 9.96. The van der Waals surface area contributed by atoms with Crippen molar-refractivity contribution in [2.75, 3.05) is 13.2 Å². The first-order valence-corrected chi connectivity index (χ1v) is 9.09. The monoisotopic (exact) mass is 330 g/mol. The highest BCUT2D eigenvalue weighted by molar-refractivity contribution is 4.89. The molecule has 0 aromatic rings. The van der Waals surface area contributed by atoms with E-state index in [-0.39, 0.29) is 13.2 Å². The van der Waals surface area contributed by atoms with E-state index in [0.717, 1.165) is 12.8 Å². The van der Waals surface area contributed by atoms with E-state index in [9.17, 15) is 10.2 Å². The van der Waals surface area contributed by atoms with Gasteiger partial charge in [0.2, 0.25) is 0 Å². The Morgan fingerprint density at radius 3 is 2.35 bits per heavy atom. The summed E-state index contributed by atoms with van der Waals surface area (Å²) in [6, 6.07) is 0. The third kappa shape index (κ3) is 8.15. The van der Waals surface area contributed by atoms with Gasteiger partial charge >= 0.3 is 0 Å². The maximum atomic E-state index is 9.96. The normalized spacial score (nSPS) is 28.3. The SMILES string of the molecule is CCCCCCCCCC/C=C/O[C@@H]1[C@@H](O)[C@H](CO)OC[C@H]1O. The van der Waals surface area contributed by atoms with Gasteiger partial charge in [0.05, 0.1) is 19.5 Å². The van der Waals surface area contributed by atoms with Gasteiger partial charge < -0.3 is 24.8 Å². The van der Waals surface area contributed by atoms with E-state index in [0.29, 0.717) is 0 Å². The molecule has 5 nitrogen and oxygen atoms in total. The van der Waals surface area contributed by atoms with Crippen molar-refractivity contribution in [1.82, 2.24) is 0 Å². The van der Waals surface area contributed by atoms with E-state index >= 15 is 0 Å². The molecule has 136 valence electrons. The van der Waals surface area contributed by atoms with Crippen molar-refractivity contribution in [3.8, 4) is 0 Å². The van der Waals surface area contributed by atoms with Crippen LogP contribution < -0.4 is 0 Å². The summed E-state index contributed by atoms with van der Waals surface area (Å²) in [5, 5.41) is 28.8. The minimum atomic E-state index is -1.02. The molecule has 0 amide bonds. The molecule has 1 aliphatic heterocycles. The molecular formula is C18H34O5. The number of unbranched alkanes of at least 4 members (excludes halogenated alkanes) is 8. The summed E-state index contributed by atoms with van der Waals surface area (Å²) in [5.74, 6) is 0. The summed E-state index contributed by atoms with van der Waals surface area (Å²) in [4.78, 5) is 0. The van der Waals surface area contributed by atoms with Crippen LogP contribution >= 0.6 is 0 Å². The highest BCUT2D eigenvalue weighted by Crippen LogP contribution is 2.19. The van der Waals surface area contributed by atoms with Gasteiger partial charge in [-0.05, 0) is 18.9 Å². The first-order chi connectivity index (χ1) is 11.2. The van der Waals surface area contributed by atoms with Crippen molar-refractivity contribution in [1.29, 1.82) is 0 Å². The highest BCUT2D eigenvalue weighted by atomic mass is 16.6. The summed E-state index contributed by atoms with van der Waals surface area (Å²) in [5.41, 5.74) is 0. The van der Waals surface area contributed by atoms with E-state index in [1.165, 1.54) is 44.9 Å². The van der Waals surface area contributed by atoms with Crippen LogP contribution in [0.25, 0.3) is 0 Å². The predicted molar refractivity (Wildman–Crippen MR) is 90.1 cm³/mol. The van der Waals surface area contributed by atoms with Crippen molar-refractivity contribution in [2.45, 2.75) is 89.1 Å². The highest BCUT2D eigenvalue weighted by Gasteiger charge is 2.39. The molecule has 0 aromatic carbocycles. The summed E-state index contributed by atoms with van der Waals surface area (Å²) < 4.78 is 10.6. The molecule has 23 heavy (non-hydrogen) atoms. The summed E-state index contributed by atoms with van der Waals surface area (Å²) in [6.45, 7) is 2.02. The molecule has 0 saturated carbocycles. The van der Waals surface area contributed by atoms with Gasteiger partial charge in [-0.1, -0.05) is 51.9 Å². The summed E-state index contributed by atoms with van der Waals surface area (Å²) in [6.07, 6.45) is 11.4. The van der Waals surface area contributed by atoms with Gasteiger partial charge in [0.1, 0.15) is 18.3 Å². The second-order valence-electron chi connectivity index (χ2n) is 6.35. The third-order valence-electron chi connectivity index (χ3n) is 4.31. The van der Waals surface area contributed by atoms with Crippen LogP contribution in [0.15, 0.2) is 12.3 Å². The van der Waals surface area contributed by atoms with Gasteiger partial charge in [-0.15, -0.1) is 0 Å². The minimum Gasteiger partial charge on any atom is -0.493 e. The van der Waals surface area contributed by atoms with E-state index in [2.05, 4.69) is 6.92 Å². The maximum Gasteiger partial charge on any atom is 0.154 e. The van der Waals surface area contributed by atoms with Crippen molar-refractivity contribution in [3.05, 3.63) is 12.3 Å². The van der Waals surface area contributed by atoms with Crippen LogP contribution in [0.5, 0.6) is 0 Å². The van der Waals surface area contributed by atoms with Crippen molar-refractivity contribution >= 4 is 0 Å².